The zero-order valence-electron chi connectivity index (χ0n) is 51.7. The lowest BCUT2D eigenvalue weighted by atomic mass is 9.94. The van der Waals surface area contributed by atoms with Crippen LogP contribution in [0.15, 0.2) is 243 Å². The van der Waals surface area contributed by atoms with Crippen LogP contribution in [0.3, 0.4) is 0 Å². The largest absolute Gasteiger partial charge is 0.479 e. The highest BCUT2D eigenvalue weighted by Crippen LogP contribution is 2.40. The highest BCUT2D eigenvalue weighted by Gasteiger charge is 2.60. The number of benzene rings is 8. The van der Waals surface area contributed by atoms with Crippen molar-refractivity contribution in [3.8, 4) is 0 Å². The van der Waals surface area contributed by atoms with Gasteiger partial charge >= 0.3 is 17.9 Å². The minimum atomic E-state index is -2.04. The Morgan fingerprint density at radius 1 is 0.277 bits per heavy atom. The number of ether oxygens (including phenoxy) is 14. The summed E-state index contributed by atoms with van der Waals surface area (Å²) in [4.78, 5) is 42.8. The highest BCUT2D eigenvalue weighted by atomic mass is 16.8. The average molecular weight is 1280 g/mol. The van der Waals surface area contributed by atoms with Crippen LogP contribution in [0.4, 0.5) is 0 Å². The molecule has 0 spiro atoms. The zero-order valence-corrected chi connectivity index (χ0v) is 51.7. The van der Waals surface area contributed by atoms with Crippen LogP contribution in [0.2, 0.25) is 0 Å². The minimum absolute atomic E-state index is 0.000357. The van der Waals surface area contributed by atoms with E-state index in [1.165, 1.54) is 7.11 Å². The van der Waals surface area contributed by atoms with Crippen molar-refractivity contribution in [2.24, 2.45) is 0 Å². The first-order valence-corrected chi connectivity index (χ1v) is 31.2. The smallest absolute Gasteiger partial charge is 0.337 e. The lowest BCUT2D eigenvalue weighted by molar-refractivity contribution is -0.385. The van der Waals surface area contributed by atoms with E-state index in [0.29, 0.717) is 11.1 Å². The van der Waals surface area contributed by atoms with Crippen molar-refractivity contribution >= 4 is 17.9 Å². The fourth-order valence-corrected chi connectivity index (χ4v) is 11.5. The maximum absolute atomic E-state index is 14.4. The van der Waals surface area contributed by atoms with Gasteiger partial charge in [0, 0.05) is 0 Å². The Kier molecular flexibility index (Phi) is 24.4. The van der Waals surface area contributed by atoms with E-state index in [-0.39, 0.29) is 52.9 Å². The molecule has 3 heterocycles. The predicted octanol–water partition coefficient (Wildman–Crippen LogP) is 10.6. The van der Waals surface area contributed by atoms with Gasteiger partial charge in [-0.15, -0.1) is 0 Å². The molecule has 94 heavy (non-hydrogen) atoms. The second-order valence-corrected chi connectivity index (χ2v) is 22.8. The van der Waals surface area contributed by atoms with Gasteiger partial charge in [0.25, 0.3) is 0 Å². The normalized spacial score (nSPS) is 26.0. The molecule has 3 aliphatic rings. The minimum Gasteiger partial charge on any atom is -0.479 e. The van der Waals surface area contributed by atoms with Crippen LogP contribution in [-0.2, 0) is 134 Å². The Morgan fingerprint density at radius 2 is 0.489 bits per heavy atom. The predicted molar refractivity (Wildman–Crippen MR) is 339 cm³/mol. The Morgan fingerprint density at radius 3 is 0.755 bits per heavy atom. The second-order valence-electron chi connectivity index (χ2n) is 22.8. The molecule has 0 radical (unpaired) electrons. The third kappa shape index (κ3) is 18.1. The molecule has 19 nitrogen and oxygen atoms in total. The molecule has 15 atom stereocenters. The molecule has 3 aliphatic heterocycles. The van der Waals surface area contributed by atoms with Crippen molar-refractivity contribution in [3.63, 3.8) is 0 Å². The van der Waals surface area contributed by atoms with E-state index in [1.807, 2.05) is 243 Å². The molecule has 490 valence electrons. The maximum Gasteiger partial charge on any atom is 0.337 e. The number of carboxylic acid groups (broad SMARTS) is 2. The van der Waals surface area contributed by atoms with Gasteiger partial charge in [-0.25, -0.2) is 14.4 Å². The van der Waals surface area contributed by atoms with E-state index in [9.17, 15) is 24.6 Å². The van der Waals surface area contributed by atoms with Gasteiger partial charge in [-0.1, -0.05) is 243 Å². The monoisotopic (exact) mass is 1280 g/mol. The maximum atomic E-state index is 14.4. The first-order chi connectivity index (χ1) is 46.1. The summed E-state index contributed by atoms with van der Waals surface area (Å²) in [5, 5.41) is 23.1. The number of hydrogen-bond acceptors (Lipinski definition) is 17. The van der Waals surface area contributed by atoms with Gasteiger partial charge in [0.1, 0.15) is 54.9 Å². The number of carboxylic acids is 2. The molecule has 0 amide bonds. The van der Waals surface area contributed by atoms with Gasteiger partial charge in [-0.05, 0) is 44.5 Å². The molecule has 3 saturated heterocycles. The number of aliphatic carboxylic acids is 2. The van der Waals surface area contributed by atoms with Gasteiger partial charge in [-0.2, -0.15) is 0 Å². The van der Waals surface area contributed by atoms with Crippen molar-refractivity contribution in [1.82, 2.24) is 0 Å². The van der Waals surface area contributed by atoms with E-state index in [4.69, 9.17) is 66.3 Å². The standard InChI is InChI=1S/C75H76O19/c1-81-72(80)66-58(82-42-50-26-10-2-11-27-50)59(83-43-51-28-12-3-13-29-51)68(87-47-55-36-20-7-21-37-55)75(94-66)91-63-61(85-45-53-32-16-5-17-33-53)69(88-48-56-38-22-8-23-39-56)74(93-65(63)71(78)79)90-62-60(84-44-52-30-14-4-15-31-52)67(86-46-54-34-18-6-19-35-54)73(92-64(62)70(76)77)89-49-57-40-24-9-25-41-57/h2-41,58-69,73-75H,42-49H2,1H3,(H,76,77)(H,78,79)/t58-,59+,60+,61+,62-,63-,64+,65+,66+,67-,68-,69-,73-,74+,75+/m1/s1. The molecular weight excluding hydrogens is 1200 g/mol. The third-order valence-corrected chi connectivity index (χ3v) is 16.2. The Balaban J connectivity index is 1.01. The van der Waals surface area contributed by atoms with Crippen molar-refractivity contribution in [2.75, 3.05) is 7.11 Å². The van der Waals surface area contributed by atoms with Crippen LogP contribution in [0, 0.1) is 0 Å². The van der Waals surface area contributed by atoms with Gasteiger partial charge < -0.3 is 76.5 Å². The number of carbonyl (C=O) groups is 3. The zero-order chi connectivity index (χ0) is 64.9. The Labute approximate surface area is 545 Å². The summed E-state index contributed by atoms with van der Waals surface area (Å²) < 4.78 is 94.2. The Hall–Kier alpha value is -8.35. The summed E-state index contributed by atoms with van der Waals surface area (Å²) in [6, 6.07) is 74.3. The van der Waals surface area contributed by atoms with Gasteiger partial charge in [0.05, 0.1) is 60.0 Å². The first-order valence-electron chi connectivity index (χ1n) is 31.2. The number of carbonyl (C=O) groups excluding carboxylic acids is 1. The summed E-state index contributed by atoms with van der Waals surface area (Å²) in [7, 11) is 1.21. The van der Waals surface area contributed by atoms with E-state index >= 15 is 0 Å². The van der Waals surface area contributed by atoms with E-state index in [2.05, 4.69) is 0 Å². The molecule has 2 N–H and O–H groups in total. The molecule has 19 heteroatoms. The van der Waals surface area contributed by atoms with Crippen LogP contribution in [-0.4, -0.2) is 127 Å². The third-order valence-electron chi connectivity index (χ3n) is 16.2. The fraction of sp³-hybridized carbons (Fsp3) is 0.320. The summed E-state index contributed by atoms with van der Waals surface area (Å²) in [6.07, 6.45) is -23.1. The molecule has 0 bridgehead atoms. The molecule has 0 aliphatic carbocycles. The van der Waals surface area contributed by atoms with Crippen LogP contribution in [0.1, 0.15) is 44.5 Å². The number of methoxy groups -OCH3 is 1. The molecule has 0 saturated carbocycles. The van der Waals surface area contributed by atoms with E-state index in [1.54, 1.807) is 0 Å². The summed E-state index contributed by atoms with van der Waals surface area (Å²) in [5.41, 5.74) is 5.95. The van der Waals surface area contributed by atoms with Crippen LogP contribution >= 0.6 is 0 Å². The van der Waals surface area contributed by atoms with E-state index < -0.39 is 110 Å². The lowest BCUT2D eigenvalue weighted by Gasteiger charge is -2.50. The molecule has 8 aromatic rings. The van der Waals surface area contributed by atoms with E-state index in [0.717, 1.165) is 33.4 Å². The summed E-state index contributed by atoms with van der Waals surface area (Å²) in [6.45, 7) is -0.395. The van der Waals surface area contributed by atoms with Crippen LogP contribution < -0.4 is 0 Å². The SMILES string of the molecule is COC(=O)[C@H]1O[C@H](O[C@@H]2[C@H](OCc3ccccc3)[C@@H](OCc3ccccc3)[C@@H](O[C@@H]3[C@H](OCc4ccccc4)[C@@H](OCc4ccccc4)[C@H](OCc4ccccc4)O[C@@H]3C(=O)O)O[C@@H]2C(=O)O)[C@H](OCc2ccccc2)[C@@H](OCc2ccccc2)[C@H]1OCc1ccccc1. The van der Waals surface area contributed by atoms with Gasteiger partial charge in [0.2, 0.25) is 0 Å². The van der Waals surface area contributed by atoms with Crippen LogP contribution in [0.25, 0.3) is 0 Å². The molecule has 8 aromatic carbocycles. The quantitative estimate of drug-likeness (QED) is 0.0386. The molecule has 0 unspecified atom stereocenters. The molecule has 0 aromatic heterocycles. The van der Waals surface area contributed by atoms with Crippen molar-refractivity contribution in [1.29, 1.82) is 0 Å². The van der Waals surface area contributed by atoms with Gasteiger partial charge in [0.15, 0.2) is 37.2 Å². The first kappa shape index (κ1) is 67.1. The lowest BCUT2D eigenvalue weighted by Crippen LogP contribution is -2.69. The molecular formula is C75H76O19. The highest BCUT2D eigenvalue weighted by molar-refractivity contribution is 5.76. The summed E-state index contributed by atoms with van der Waals surface area (Å²) >= 11 is 0. The number of hydrogen-bond donors (Lipinski definition) is 2. The molecule has 11 rings (SSSR count). The topological polar surface area (TPSA) is 221 Å². The van der Waals surface area contributed by atoms with Crippen molar-refractivity contribution < 1.29 is 90.9 Å². The number of rotatable bonds is 31. The van der Waals surface area contributed by atoms with Crippen LogP contribution in [0.5, 0.6) is 0 Å². The molecule has 3 fully saturated rings. The van der Waals surface area contributed by atoms with Crippen molar-refractivity contribution in [2.45, 2.75) is 145 Å². The fourth-order valence-electron chi connectivity index (χ4n) is 11.5. The average Bonchev–Trinajstić information content (AvgIpc) is 0.766. The van der Waals surface area contributed by atoms with Crippen molar-refractivity contribution in [3.05, 3.63) is 287 Å². The Bertz CT molecular complexity index is 3530. The second kappa shape index (κ2) is 34.2. The number of esters is 1. The summed E-state index contributed by atoms with van der Waals surface area (Å²) in [5.74, 6) is -3.87. The van der Waals surface area contributed by atoms with Gasteiger partial charge in [-0.3, -0.25) is 0 Å².